The molecule has 0 bridgehead atoms. The van der Waals surface area contributed by atoms with Gasteiger partial charge in [-0.2, -0.15) is 0 Å². The molecule has 48 heavy (non-hydrogen) atoms. The van der Waals surface area contributed by atoms with Gasteiger partial charge in [0, 0.05) is 19.6 Å². The fourth-order valence-corrected chi connectivity index (χ4v) is 7.73. The second kappa shape index (κ2) is 12.9. The van der Waals surface area contributed by atoms with Crippen LogP contribution in [0.3, 0.4) is 0 Å². The van der Waals surface area contributed by atoms with Crippen LogP contribution in [0.2, 0.25) is 0 Å². The number of ether oxygens (including phenoxy) is 2. The van der Waals surface area contributed by atoms with E-state index in [0.717, 1.165) is 65.1 Å². The van der Waals surface area contributed by atoms with Crippen LogP contribution < -0.4 is 5.32 Å². The molecular formula is C36H40N6O6. The van der Waals surface area contributed by atoms with Crippen LogP contribution in [-0.2, 0) is 19.1 Å². The molecule has 4 aromatic rings. The van der Waals surface area contributed by atoms with Crippen molar-refractivity contribution in [3.63, 3.8) is 0 Å². The van der Waals surface area contributed by atoms with Crippen LogP contribution in [0.15, 0.2) is 60.9 Å². The number of likely N-dealkylation sites (tertiary alicyclic amines) is 1. The highest BCUT2D eigenvalue weighted by Gasteiger charge is 2.60. The fraction of sp³-hybridized carbons (Fsp3) is 0.417. The predicted molar refractivity (Wildman–Crippen MR) is 177 cm³/mol. The van der Waals surface area contributed by atoms with E-state index < -0.39 is 24.2 Å². The van der Waals surface area contributed by atoms with Crippen molar-refractivity contribution in [2.24, 2.45) is 17.8 Å². The molecule has 1 aliphatic heterocycles. The molecule has 2 amide bonds. The number of nitrogens with zero attached hydrogens (tertiary/aromatic N) is 3. The van der Waals surface area contributed by atoms with Crippen LogP contribution in [0.25, 0.3) is 33.6 Å². The van der Waals surface area contributed by atoms with Crippen LogP contribution >= 0.6 is 0 Å². The molecule has 3 fully saturated rings. The summed E-state index contributed by atoms with van der Waals surface area (Å²) in [5.41, 5.74) is 5.84. The number of carbonyl (C=O) groups excluding carboxylic acids is 2. The first-order valence-corrected chi connectivity index (χ1v) is 16.5. The first-order chi connectivity index (χ1) is 23.3. The molecule has 12 heteroatoms. The first-order valence-electron chi connectivity index (χ1n) is 16.5. The van der Waals surface area contributed by atoms with Gasteiger partial charge >= 0.3 is 12.1 Å². The summed E-state index contributed by atoms with van der Waals surface area (Å²) >= 11 is 0. The Balaban J connectivity index is 1.02. The van der Waals surface area contributed by atoms with Gasteiger partial charge in [0.1, 0.15) is 17.7 Å². The van der Waals surface area contributed by atoms with Crippen LogP contribution in [0, 0.1) is 17.8 Å². The molecule has 0 spiro atoms. The van der Waals surface area contributed by atoms with Gasteiger partial charge in [-0.05, 0) is 66.7 Å². The molecule has 0 radical (unpaired) electrons. The number of imidazole rings is 2. The molecule has 2 saturated carbocycles. The number of hydrogen-bond donors (Lipinski definition) is 4. The van der Waals surface area contributed by atoms with Gasteiger partial charge in [0.15, 0.2) is 0 Å². The van der Waals surface area contributed by atoms with Crippen molar-refractivity contribution >= 4 is 18.0 Å². The Morgan fingerprint density at radius 2 is 1.42 bits per heavy atom. The standard InChI is InChI=1S/C36H40N6O6/c1-19(47-2)31(41-36(46)48-3)34(43)42-16-4-5-28(42)32-37-17-26(39-32)22-10-6-20(7-11-22)21-8-12-23(13-9-21)27-18-38-33(40-27)29-24-14-15-25(24)30(29)35(44)45/h6-13,17-19,24-25,28-31H,4-5,14-16H2,1-3H3,(H,37,39)(H,38,40)(H,41,46)(H,44,45)/t19?,24?,25-,28+,29-,30-,31+/m1/s1. The zero-order valence-electron chi connectivity index (χ0n) is 27.2. The Labute approximate surface area is 278 Å². The number of aliphatic carboxylic acids is 1. The summed E-state index contributed by atoms with van der Waals surface area (Å²) in [7, 11) is 2.76. The molecule has 3 heterocycles. The van der Waals surface area contributed by atoms with Gasteiger partial charge in [-0.25, -0.2) is 14.8 Å². The number of rotatable bonds is 10. The molecule has 4 N–H and O–H groups in total. The molecule has 7 atom stereocenters. The number of methoxy groups -OCH3 is 2. The Morgan fingerprint density at radius 3 is 1.96 bits per heavy atom. The number of benzene rings is 2. The number of hydrogen-bond acceptors (Lipinski definition) is 7. The average molecular weight is 653 g/mol. The number of carbonyl (C=O) groups is 3. The fourth-order valence-electron chi connectivity index (χ4n) is 7.73. The number of fused-ring (bicyclic) bond motifs is 1. The van der Waals surface area contributed by atoms with Gasteiger partial charge < -0.3 is 34.8 Å². The maximum Gasteiger partial charge on any atom is 0.407 e. The van der Waals surface area contributed by atoms with Gasteiger partial charge in [0.25, 0.3) is 0 Å². The summed E-state index contributed by atoms with van der Waals surface area (Å²) in [5, 5.41) is 12.3. The topological polar surface area (TPSA) is 163 Å². The van der Waals surface area contributed by atoms with Crippen LogP contribution in [0.5, 0.6) is 0 Å². The number of aromatic amines is 2. The number of carboxylic acid groups (broad SMARTS) is 1. The molecule has 3 aliphatic rings. The molecule has 1 saturated heterocycles. The van der Waals surface area contributed by atoms with E-state index in [9.17, 15) is 19.5 Å². The third-order valence-corrected chi connectivity index (χ3v) is 10.6. The summed E-state index contributed by atoms with van der Waals surface area (Å²) < 4.78 is 10.1. The predicted octanol–water partition coefficient (Wildman–Crippen LogP) is 5.38. The van der Waals surface area contributed by atoms with E-state index in [2.05, 4.69) is 61.7 Å². The summed E-state index contributed by atoms with van der Waals surface area (Å²) in [6.45, 7) is 2.29. The van der Waals surface area contributed by atoms with E-state index in [-0.39, 0.29) is 23.8 Å². The molecular weight excluding hydrogens is 612 g/mol. The Morgan fingerprint density at radius 1 is 0.854 bits per heavy atom. The Bertz CT molecular complexity index is 1800. The third-order valence-electron chi connectivity index (χ3n) is 10.6. The minimum absolute atomic E-state index is 0.0225. The number of alkyl carbamates (subject to hydrolysis) is 1. The van der Waals surface area contributed by atoms with Crippen molar-refractivity contribution in [3.05, 3.63) is 72.6 Å². The quantitative estimate of drug-likeness (QED) is 0.177. The van der Waals surface area contributed by atoms with Crippen LogP contribution in [0.1, 0.15) is 56.2 Å². The summed E-state index contributed by atoms with van der Waals surface area (Å²) in [6, 6.07) is 15.3. The van der Waals surface area contributed by atoms with E-state index in [0.29, 0.717) is 24.2 Å². The SMILES string of the molecule is COC(=O)N[C@H](C(=O)N1CCC[C@H]1c1ncc(-c2ccc(-c3ccc(-c4cnc([C@@H]5C6CC[C@H]6[C@H]5C(=O)O)[nH]4)cc3)cc2)[nH]1)C(C)OC. The molecule has 2 aromatic carbocycles. The molecule has 7 rings (SSSR count). The number of nitrogens with one attached hydrogen (secondary N) is 3. The lowest BCUT2D eigenvalue weighted by Crippen LogP contribution is -2.55. The highest BCUT2D eigenvalue weighted by molar-refractivity contribution is 5.87. The van der Waals surface area contributed by atoms with Crippen molar-refractivity contribution in [3.8, 4) is 33.6 Å². The summed E-state index contributed by atoms with van der Waals surface area (Å²) in [5.74, 6) is 0.910. The normalized spacial score (nSPS) is 24.1. The van der Waals surface area contributed by atoms with E-state index in [4.69, 9.17) is 9.47 Å². The second-order valence-electron chi connectivity index (χ2n) is 13.1. The van der Waals surface area contributed by atoms with Crippen molar-refractivity contribution in [1.82, 2.24) is 30.2 Å². The van der Waals surface area contributed by atoms with Gasteiger partial charge in [-0.3, -0.25) is 9.59 Å². The van der Waals surface area contributed by atoms with Gasteiger partial charge in [0.2, 0.25) is 5.91 Å². The van der Waals surface area contributed by atoms with E-state index in [1.54, 1.807) is 24.2 Å². The van der Waals surface area contributed by atoms with Gasteiger partial charge in [0.05, 0.1) is 49.0 Å². The van der Waals surface area contributed by atoms with Gasteiger partial charge in [-0.1, -0.05) is 48.5 Å². The number of aromatic nitrogens is 4. The number of amides is 2. The van der Waals surface area contributed by atoms with E-state index in [1.165, 1.54) is 14.2 Å². The number of H-pyrrole nitrogens is 2. The van der Waals surface area contributed by atoms with Crippen molar-refractivity contribution in [2.45, 2.75) is 56.7 Å². The largest absolute Gasteiger partial charge is 0.481 e. The molecule has 12 nitrogen and oxygen atoms in total. The van der Waals surface area contributed by atoms with Gasteiger partial charge in [-0.15, -0.1) is 0 Å². The minimum Gasteiger partial charge on any atom is -0.481 e. The highest BCUT2D eigenvalue weighted by Crippen LogP contribution is 2.62. The molecule has 2 aromatic heterocycles. The second-order valence-corrected chi connectivity index (χ2v) is 13.1. The van der Waals surface area contributed by atoms with Crippen molar-refractivity contribution < 1.29 is 29.0 Å². The first kappa shape index (κ1) is 31.6. The lowest BCUT2D eigenvalue weighted by molar-refractivity contribution is -0.163. The lowest BCUT2D eigenvalue weighted by atomic mass is 9.46. The highest BCUT2D eigenvalue weighted by atomic mass is 16.5. The maximum absolute atomic E-state index is 13.5. The lowest BCUT2D eigenvalue weighted by Gasteiger charge is -2.56. The third kappa shape index (κ3) is 5.63. The van der Waals surface area contributed by atoms with Crippen LogP contribution in [-0.4, -0.2) is 80.8 Å². The van der Waals surface area contributed by atoms with Crippen LogP contribution in [0.4, 0.5) is 4.79 Å². The Kier molecular flexibility index (Phi) is 8.50. The van der Waals surface area contributed by atoms with E-state index >= 15 is 0 Å². The molecule has 2 aliphatic carbocycles. The van der Waals surface area contributed by atoms with Crippen molar-refractivity contribution in [2.75, 3.05) is 20.8 Å². The zero-order valence-corrected chi connectivity index (χ0v) is 27.2. The zero-order chi connectivity index (χ0) is 33.5. The maximum atomic E-state index is 13.5. The monoisotopic (exact) mass is 652 g/mol. The minimum atomic E-state index is -0.884. The molecule has 250 valence electrons. The Hall–Kier alpha value is -4.97. The smallest absolute Gasteiger partial charge is 0.407 e. The molecule has 2 unspecified atom stereocenters. The summed E-state index contributed by atoms with van der Waals surface area (Å²) in [6.07, 6.45) is 6.02. The average Bonchev–Trinajstić information content (AvgIpc) is 3.88. The van der Waals surface area contributed by atoms with Crippen molar-refractivity contribution in [1.29, 1.82) is 0 Å². The number of carboxylic acids is 1. The van der Waals surface area contributed by atoms with E-state index in [1.807, 2.05) is 12.1 Å². The summed E-state index contributed by atoms with van der Waals surface area (Å²) in [4.78, 5) is 55.1.